The van der Waals surface area contributed by atoms with Gasteiger partial charge in [0.1, 0.15) is 10.8 Å². The molecule has 0 spiro atoms. The molecule has 2 unspecified atom stereocenters. The van der Waals surface area contributed by atoms with Crippen molar-refractivity contribution in [3.8, 4) is 0 Å². The highest BCUT2D eigenvalue weighted by Crippen LogP contribution is 2.52. The topological polar surface area (TPSA) is 40.6 Å². The molecule has 2 aromatic rings. The van der Waals surface area contributed by atoms with Crippen LogP contribution in [0.4, 0.5) is 15.8 Å². The summed E-state index contributed by atoms with van der Waals surface area (Å²) in [7, 11) is 0. The first-order valence-corrected chi connectivity index (χ1v) is 12.6. The third kappa shape index (κ3) is 4.08. The Morgan fingerprint density at radius 2 is 1.94 bits per heavy atom. The number of thiazole rings is 1. The van der Waals surface area contributed by atoms with Crippen molar-refractivity contribution in [1.29, 1.82) is 0 Å². The first kappa shape index (κ1) is 19.9. The molecule has 0 amide bonds. The maximum absolute atomic E-state index is 14.6. The third-order valence-electron chi connectivity index (χ3n) is 7.54. The van der Waals surface area contributed by atoms with Crippen molar-refractivity contribution >= 4 is 22.7 Å². The fraction of sp³-hybridized carbons (Fsp3) is 0.625. The van der Waals surface area contributed by atoms with Gasteiger partial charge in [0.15, 0.2) is 0 Å². The molecule has 166 valence electrons. The van der Waals surface area contributed by atoms with Gasteiger partial charge in [0.25, 0.3) is 0 Å². The summed E-state index contributed by atoms with van der Waals surface area (Å²) < 4.78 is 20.0. The number of halogens is 1. The van der Waals surface area contributed by atoms with Crippen molar-refractivity contribution in [3.63, 3.8) is 0 Å². The third-order valence-corrected chi connectivity index (χ3v) is 8.68. The maximum Gasteiger partial charge on any atom is 0.148 e. The molecule has 2 aliphatic heterocycles. The number of fused-ring (bicyclic) bond motifs is 2. The van der Waals surface area contributed by atoms with Crippen LogP contribution in [0.3, 0.4) is 0 Å². The number of hydrogen-bond donors (Lipinski definition) is 1. The number of aromatic nitrogens is 1. The first-order chi connectivity index (χ1) is 15.2. The zero-order valence-corrected chi connectivity index (χ0v) is 18.8. The molecule has 0 radical (unpaired) electrons. The zero-order valence-electron chi connectivity index (χ0n) is 18.0. The summed E-state index contributed by atoms with van der Waals surface area (Å²) in [5, 5.41) is 4.81. The average molecular weight is 443 g/mol. The highest BCUT2D eigenvalue weighted by atomic mass is 32.1. The molecule has 31 heavy (non-hydrogen) atoms. The lowest BCUT2D eigenvalue weighted by molar-refractivity contribution is 0.122. The highest BCUT2D eigenvalue weighted by Gasteiger charge is 2.55. The molecule has 5 nitrogen and oxygen atoms in total. The lowest BCUT2D eigenvalue weighted by Crippen LogP contribution is -2.36. The quantitative estimate of drug-likeness (QED) is 0.737. The Balaban J connectivity index is 0.984. The summed E-state index contributed by atoms with van der Waals surface area (Å²) in [4.78, 5) is 11.1. The number of benzene rings is 1. The summed E-state index contributed by atoms with van der Waals surface area (Å²) in [6.45, 7) is 7.21. The van der Waals surface area contributed by atoms with Gasteiger partial charge in [0.2, 0.25) is 0 Å². The summed E-state index contributed by atoms with van der Waals surface area (Å²) >= 11 is 1.95. The van der Waals surface area contributed by atoms with Crippen LogP contribution >= 0.6 is 11.3 Å². The van der Waals surface area contributed by atoms with Crippen molar-refractivity contribution in [2.24, 2.45) is 17.8 Å². The molecule has 1 N–H and O–H groups in total. The number of nitrogens with zero attached hydrogens (tertiary/aromatic N) is 3. The first-order valence-electron chi connectivity index (χ1n) is 11.8. The van der Waals surface area contributed by atoms with E-state index < -0.39 is 0 Å². The van der Waals surface area contributed by atoms with Gasteiger partial charge >= 0.3 is 0 Å². The lowest BCUT2D eigenvalue weighted by atomic mass is 10.0. The van der Waals surface area contributed by atoms with Gasteiger partial charge in [-0.05, 0) is 61.6 Å². The zero-order chi connectivity index (χ0) is 20.8. The average Bonchev–Trinajstić information content (AvgIpc) is 3.11. The fourth-order valence-corrected chi connectivity index (χ4v) is 6.95. The van der Waals surface area contributed by atoms with Crippen LogP contribution in [0.2, 0.25) is 0 Å². The summed E-state index contributed by atoms with van der Waals surface area (Å²) in [6.07, 6.45) is 5.05. The number of anilines is 2. The van der Waals surface area contributed by atoms with Crippen LogP contribution in [0.15, 0.2) is 18.2 Å². The predicted molar refractivity (Wildman–Crippen MR) is 122 cm³/mol. The van der Waals surface area contributed by atoms with E-state index in [0.29, 0.717) is 18.9 Å². The predicted octanol–water partition coefficient (Wildman–Crippen LogP) is 3.79. The van der Waals surface area contributed by atoms with Gasteiger partial charge in [-0.15, -0.1) is 11.3 Å². The molecule has 3 fully saturated rings. The van der Waals surface area contributed by atoms with E-state index >= 15 is 0 Å². The Morgan fingerprint density at radius 1 is 1.13 bits per heavy atom. The standard InChI is InChI=1S/C24H31FN4OS/c25-20-11-16(5-6-22(20)29-7-9-30-10-8-29)26-12-17-18-13-28(14-19(17)18)15-24-27-21-3-1-2-4-23(21)31-24/h5-6,11,17-19,26H,1-4,7-10,12-15H2. The molecule has 7 heteroatoms. The SMILES string of the molecule is Fc1cc(NCC2C3CN(Cc4nc5c(s4)CCCC5)CC23)ccc1N1CCOCC1. The molecule has 2 aliphatic carbocycles. The van der Waals surface area contributed by atoms with Gasteiger partial charge < -0.3 is 15.0 Å². The van der Waals surface area contributed by atoms with Gasteiger partial charge in [-0.3, -0.25) is 4.90 Å². The molecule has 1 aromatic heterocycles. The summed E-state index contributed by atoms with van der Waals surface area (Å²) in [5.74, 6) is 2.17. The van der Waals surface area contributed by atoms with E-state index in [1.807, 2.05) is 23.5 Å². The molecular weight excluding hydrogens is 411 g/mol. The van der Waals surface area contributed by atoms with Crippen molar-refractivity contribution in [1.82, 2.24) is 9.88 Å². The Kier molecular flexibility index (Phi) is 5.36. The Hall–Kier alpha value is -1.70. The summed E-state index contributed by atoms with van der Waals surface area (Å²) in [6, 6.07) is 5.58. The van der Waals surface area contributed by atoms with Crippen LogP contribution < -0.4 is 10.2 Å². The van der Waals surface area contributed by atoms with Crippen LogP contribution in [0.5, 0.6) is 0 Å². The smallest absolute Gasteiger partial charge is 0.148 e. The van der Waals surface area contributed by atoms with E-state index in [4.69, 9.17) is 9.72 Å². The lowest BCUT2D eigenvalue weighted by Gasteiger charge is -2.29. The minimum Gasteiger partial charge on any atom is -0.385 e. The van der Waals surface area contributed by atoms with Crippen LogP contribution in [-0.4, -0.2) is 55.8 Å². The molecular formula is C24H31FN4OS. The molecule has 1 aromatic carbocycles. The van der Waals surface area contributed by atoms with Gasteiger partial charge in [-0.1, -0.05) is 0 Å². The van der Waals surface area contributed by atoms with Crippen LogP contribution in [0, 0.1) is 23.6 Å². The van der Waals surface area contributed by atoms with Crippen molar-refractivity contribution in [3.05, 3.63) is 39.6 Å². The Morgan fingerprint density at radius 3 is 2.71 bits per heavy atom. The molecule has 1 saturated carbocycles. The molecule has 4 aliphatic rings. The van der Waals surface area contributed by atoms with Crippen molar-refractivity contribution in [2.45, 2.75) is 32.2 Å². The minimum absolute atomic E-state index is 0.139. The minimum atomic E-state index is -0.139. The number of aryl methyl sites for hydroxylation is 2. The van der Waals surface area contributed by atoms with Gasteiger partial charge in [0.05, 0.1) is 31.1 Å². The molecule has 2 atom stereocenters. The Labute approximate surface area is 187 Å². The number of morpholine rings is 1. The van der Waals surface area contributed by atoms with Crippen molar-refractivity contribution in [2.75, 3.05) is 56.2 Å². The second-order valence-electron chi connectivity index (χ2n) is 9.52. The van der Waals surface area contributed by atoms with E-state index in [0.717, 1.165) is 49.6 Å². The molecule has 0 bridgehead atoms. The van der Waals surface area contributed by atoms with Gasteiger partial charge in [0, 0.05) is 43.3 Å². The number of likely N-dealkylation sites (tertiary alicyclic amines) is 1. The number of ether oxygens (including phenoxy) is 1. The highest BCUT2D eigenvalue weighted by molar-refractivity contribution is 7.11. The van der Waals surface area contributed by atoms with E-state index in [9.17, 15) is 4.39 Å². The van der Waals surface area contributed by atoms with Crippen LogP contribution in [0.25, 0.3) is 0 Å². The molecule has 6 rings (SSSR count). The van der Waals surface area contributed by atoms with Crippen LogP contribution in [-0.2, 0) is 24.1 Å². The van der Waals surface area contributed by atoms with Gasteiger partial charge in [-0.25, -0.2) is 9.37 Å². The number of piperidine rings is 1. The van der Waals surface area contributed by atoms with E-state index in [1.54, 1.807) is 10.9 Å². The van der Waals surface area contributed by atoms with Crippen molar-refractivity contribution < 1.29 is 9.13 Å². The normalized spacial score (nSPS) is 27.8. The Bertz CT molecular complexity index is 908. The number of hydrogen-bond acceptors (Lipinski definition) is 6. The summed E-state index contributed by atoms with van der Waals surface area (Å²) in [5.41, 5.74) is 2.96. The molecule has 2 saturated heterocycles. The van der Waals surface area contributed by atoms with Crippen LogP contribution in [0.1, 0.15) is 28.4 Å². The second kappa shape index (κ2) is 8.34. The largest absolute Gasteiger partial charge is 0.385 e. The molecule has 3 heterocycles. The second-order valence-corrected chi connectivity index (χ2v) is 10.7. The fourth-order valence-electron chi connectivity index (χ4n) is 5.75. The maximum atomic E-state index is 14.6. The van der Waals surface area contributed by atoms with E-state index in [-0.39, 0.29) is 5.82 Å². The number of nitrogens with one attached hydrogen (secondary N) is 1. The van der Waals surface area contributed by atoms with E-state index in [2.05, 4.69) is 15.1 Å². The number of rotatable bonds is 6. The monoisotopic (exact) mass is 442 g/mol. The van der Waals surface area contributed by atoms with Gasteiger partial charge in [-0.2, -0.15) is 0 Å². The van der Waals surface area contributed by atoms with E-state index in [1.165, 1.54) is 49.5 Å².